The monoisotopic (exact) mass is 319 g/mol. The second-order valence-electron chi connectivity index (χ2n) is 5.17. The zero-order chi connectivity index (χ0) is 16.7. The number of halogens is 2. The van der Waals surface area contributed by atoms with Crippen molar-refractivity contribution in [2.45, 2.75) is 0 Å². The Morgan fingerprint density at radius 3 is 2.61 bits per heavy atom. The average molecular weight is 319 g/mol. The van der Waals surface area contributed by atoms with Crippen molar-refractivity contribution in [3.8, 4) is 0 Å². The third-order valence-electron chi connectivity index (χ3n) is 3.73. The smallest absolute Gasteiger partial charge is 0.273 e. The lowest BCUT2D eigenvalue weighted by molar-refractivity contribution is -0.382. The number of amidine groups is 1. The van der Waals surface area contributed by atoms with Gasteiger partial charge in [-0.3, -0.25) is 4.79 Å². The van der Waals surface area contributed by atoms with Crippen molar-refractivity contribution >= 4 is 29.2 Å². The molecule has 3 amide bonds. The molecule has 1 aromatic carbocycles. The van der Waals surface area contributed by atoms with Crippen LogP contribution in [0.25, 0.3) is 0 Å². The van der Waals surface area contributed by atoms with Crippen LogP contribution in [0.15, 0.2) is 35.5 Å². The number of amides is 3. The van der Waals surface area contributed by atoms with Gasteiger partial charge in [-0.25, -0.2) is 28.5 Å². The molecule has 2 heterocycles. The van der Waals surface area contributed by atoms with Crippen LogP contribution < -0.4 is 4.99 Å². The molecule has 6 nitrogen and oxygen atoms in total. The Morgan fingerprint density at radius 2 is 1.91 bits per heavy atom. The number of carbonyl (C=O) groups excluding carboxylic acids is 2. The van der Waals surface area contributed by atoms with E-state index in [0.717, 1.165) is 17.0 Å². The molecular formula is C15H13F2N4O2+. The molecule has 3 rings (SSSR count). The third-order valence-corrected chi connectivity index (χ3v) is 3.73. The zero-order valence-corrected chi connectivity index (χ0v) is 12.4. The van der Waals surface area contributed by atoms with Crippen LogP contribution in [0.1, 0.15) is 0 Å². The van der Waals surface area contributed by atoms with Crippen LogP contribution >= 0.6 is 0 Å². The third kappa shape index (κ3) is 2.41. The van der Waals surface area contributed by atoms with Crippen molar-refractivity contribution in [1.29, 1.82) is 0 Å². The average Bonchev–Trinajstić information content (AvgIpc) is 2.53. The van der Waals surface area contributed by atoms with E-state index in [4.69, 9.17) is 0 Å². The van der Waals surface area contributed by atoms with E-state index < -0.39 is 29.5 Å². The lowest BCUT2D eigenvalue weighted by Crippen LogP contribution is -2.79. The predicted molar refractivity (Wildman–Crippen MR) is 78.0 cm³/mol. The summed E-state index contributed by atoms with van der Waals surface area (Å²) in [5.74, 6) is -2.51. The molecule has 0 aromatic heterocycles. The first-order valence-electron chi connectivity index (χ1n) is 6.79. The number of nitrogens with one attached hydrogen (secondary N) is 1. The van der Waals surface area contributed by atoms with Crippen molar-refractivity contribution in [3.05, 3.63) is 42.1 Å². The van der Waals surface area contributed by atoms with Crippen LogP contribution in [-0.4, -0.2) is 47.4 Å². The number of fused-ring (bicyclic) bond motifs is 1. The molecule has 8 heteroatoms. The van der Waals surface area contributed by atoms with E-state index in [-0.39, 0.29) is 11.4 Å². The molecule has 0 aliphatic carbocycles. The summed E-state index contributed by atoms with van der Waals surface area (Å²) in [6.45, 7) is 0. The van der Waals surface area contributed by atoms with Crippen LogP contribution in [0.3, 0.4) is 0 Å². The lowest BCUT2D eigenvalue weighted by Gasteiger charge is -2.31. The number of nitrogens with zero attached hydrogens (tertiary/aromatic N) is 3. The van der Waals surface area contributed by atoms with E-state index >= 15 is 0 Å². The number of urea groups is 1. The molecule has 2 aliphatic heterocycles. The molecule has 1 unspecified atom stereocenters. The van der Waals surface area contributed by atoms with Gasteiger partial charge in [0.05, 0.1) is 24.6 Å². The molecule has 0 radical (unpaired) electrons. The molecule has 2 aliphatic rings. The molecule has 1 fully saturated rings. The number of imide groups is 1. The van der Waals surface area contributed by atoms with Gasteiger partial charge >= 0.3 is 6.03 Å². The maximum Gasteiger partial charge on any atom is 0.417 e. The summed E-state index contributed by atoms with van der Waals surface area (Å²) in [6.07, 6.45) is 3.03. The van der Waals surface area contributed by atoms with E-state index in [1.165, 1.54) is 37.3 Å². The van der Waals surface area contributed by atoms with E-state index in [2.05, 4.69) is 9.98 Å². The number of benzene rings is 1. The molecule has 118 valence electrons. The minimum Gasteiger partial charge on any atom is -0.273 e. The fourth-order valence-electron chi connectivity index (χ4n) is 2.49. The molecule has 0 bridgehead atoms. The number of hydrogen-bond acceptors (Lipinski definition) is 3. The van der Waals surface area contributed by atoms with Gasteiger partial charge < -0.3 is 0 Å². The SMILES string of the molecule is CN1C(=O)C2C(=Nc3ccc(F)cc3F)C=C[NH+]=C2N(C)C1=O. The van der Waals surface area contributed by atoms with Crippen LogP contribution in [0.5, 0.6) is 0 Å². The zero-order valence-electron chi connectivity index (χ0n) is 12.4. The molecule has 1 N–H and O–H groups in total. The molecule has 1 saturated heterocycles. The summed E-state index contributed by atoms with van der Waals surface area (Å²) in [6, 6.07) is 2.53. The summed E-state index contributed by atoms with van der Waals surface area (Å²) >= 11 is 0. The summed E-state index contributed by atoms with van der Waals surface area (Å²) in [4.78, 5) is 33.6. The van der Waals surface area contributed by atoms with Gasteiger partial charge in [0, 0.05) is 19.2 Å². The number of hydrogen-bond donors (Lipinski definition) is 1. The standard InChI is InChI=1S/C15H12F2N4O2/c1-20-13-12(14(22)21(2)15(20)23)11(5-6-18-13)19-10-4-3-8(16)7-9(10)17/h3-7,12H,1-2H3/p+1. The van der Waals surface area contributed by atoms with Crippen molar-refractivity contribution in [2.24, 2.45) is 10.9 Å². The minimum absolute atomic E-state index is 0.0812. The number of aliphatic imine (C=N–C) groups is 1. The first-order valence-corrected chi connectivity index (χ1v) is 6.79. The predicted octanol–water partition coefficient (Wildman–Crippen LogP) is 0.184. The fraction of sp³-hybridized carbons (Fsp3) is 0.200. The van der Waals surface area contributed by atoms with Gasteiger partial charge in [0.15, 0.2) is 11.7 Å². The molecule has 23 heavy (non-hydrogen) atoms. The topological polar surface area (TPSA) is 67.0 Å². The normalized spacial score (nSPS) is 22.5. The van der Waals surface area contributed by atoms with Gasteiger partial charge in [-0.2, -0.15) is 4.90 Å². The van der Waals surface area contributed by atoms with E-state index in [1.807, 2.05) is 0 Å². The molecule has 0 saturated carbocycles. The second-order valence-corrected chi connectivity index (χ2v) is 5.17. The summed E-state index contributed by atoms with van der Waals surface area (Å²) in [7, 11) is 2.89. The Kier molecular flexibility index (Phi) is 3.51. The Morgan fingerprint density at radius 1 is 1.17 bits per heavy atom. The van der Waals surface area contributed by atoms with E-state index in [1.54, 1.807) is 0 Å². The highest BCUT2D eigenvalue weighted by Crippen LogP contribution is 2.23. The van der Waals surface area contributed by atoms with Gasteiger partial charge in [0.2, 0.25) is 0 Å². The van der Waals surface area contributed by atoms with Crippen LogP contribution in [0.4, 0.5) is 19.3 Å². The van der Waals surface area contributed by atoms with Gasteiger partial charge in [-0.15, -0.1) is 0 Å². The highest BCUT2D eigenvalue weighted by molar-refractivity contribution is 6.30. The van der Waals surface area contributed by atoms with Crippen molar-refractivity contribution in [3.63, 3.8) is 0 Å². The first kappa shape index (κ1) is 15.0. The van der Waals surface area contributed by atoms with Crippen molar-refractivity contribution in [1.82, 2.24) is 9.80 Å². The molecule has 0 spiro atoms. The maximum atomic E-state index is 13.8. The Hall–Kier alpha value is -2.90. The van der Waals surface area contributed by atoms with Crippen LogP contribution in [0.2, 0.25) is 0 Å². The molecule has 1 atom stereocenters. The van der Waals surface area contributed by atoms with E-state index in [9.17, 15) is 18.4 Å². The van der Waals surface area contributed by atoms with Crippen molar-refractivity contribution in [2.75, 3.05) is 14.1 Å². The Labute approximate surface area is 130 Å². The lowest BCUT2D eigenvalue weighted by atomic mass is 9.95. The quantitative estimate of drug-likeness (QED) is 0.803. The summed E-state index contributed by atoms with van der Waals surface area (Å²) in [5.41, 5.74) is 0.183. The van der Waals surface area contributed by atoms with Gasteiger partial charge in [-0.1, -0.05) is 0 Å². The molecular weight excluding hydrogens is 306 g/mol. The maximum absolute atomic E-state index is 13.8. The number of rotatable bonds is 1. The highest BCUT2D eigenvalue weighted by atomic mass is 19.1. The largest absolute Gasteiger partial charge is 0.417 e. The Balaban J connectivity index is 2.06. The number of carbonyl (C=O) groups is 2. The summed E-state index contributed by atoms with van der Waals surface area (Å²) < 4.78 is 26.8. The van der Waals surface area contributed by atoms with Gasteiger partial charge in [0.1, 0.15) is 5.82 Å². The number of allylic oxidation sites excluding steroid dienone is 1. The van der Waals surface area contributed by atoms with Crippen LogP contribution in [0, 0.1) is 17.6 Å². The van der Waals surface area contributed by atoms with Gasteiger partial charge in [-0.05, 0) is 12.1 Å². The fourth-order valence-corrected chi connectivity index (χ4v) is 2.49. The Bertz CT molecular complexity index is 801. The highest BCUT2D eigenvalue weighted by Gasteiger charge is 2.49. The first-order chi connectivity index (χ1) is 10.9. The van der Waals surface area contributed by atoms with Crippen LogP contribution in [-0.2, 0) is 4.79 Å². The molecule has 1 aromatic rings. The van der Waals surface area contributed by atoms with Gasteiger partial charge in [0.25, 0.3) is 11.7 Å². The second kappa shape index (κ2) is 5.38. The van der Waals surface area contributed by atoms with Crippen molar-refractivity contribution < 1.29 is 23.4 Å². The summed E-state index contributed by atoms with van der Waals surface area (Å²) in [5, 5.41) is 0. The van der Waals surface area contributed by atoms with E-state index in [0.29, 0.717) is 5.84 Å². The minimum atomic E-state index is -0.850.